The lowest BCUT2D eigenvalue weighted by atomic mass is 9.80. The van der Waals surface area contributed by atoms with E-state index in [1.165, 1.54) is 44.2 Å². The highest BCUT2D eigenvalue weighted by Gasteiger charge is 2.38. The standard InChI is InChI=1S/C46H33N3/c1-46(2)39-16-10-15-36(43(39)38-27-26-30-11-6-7-14-37(30)44(38)46)31-18-20-33(21-19-31)41-29-42(49-45(48-41)35-12-4-3-5-13-35)34-24-22-32(23-25-34)40-17-8-9-28-47-40/h3-29H,1-2H3. The molecule has 0 radical (unpaired) electrons. The number of rotatable bonds is 5. The van der Waals surface area contributed by atoms with Gasteiger partial charge in [0, 0.05) is 33.9 Å². The second kappa shape index (κ2) is 11.5. The Hall–Kier alpha value is -6.19. The summed E-state index contributed by atoms with van der Waals surface area (Å²) in [5.41, 5.74) is 14.7. The fraction of sp³-hybridized carbons (Fsp3) is 0.0652. The van der Waals surface area contributed by atoms with Crippen molar-refractivity contribution in [2.24, 2.45) is 0 Å². The van der Waals surface area contributed by atoms with E-state index in [0.717, 1.165) is 39.3 Å². The SMILES string of the molecule is CC1(C)c2cccc(-c3ccc(-c4cc(-c5ccc(-c6ccccn6)cc5)nc(-c5ccccc5)n4)cc3)c2-c2ccc3ccccc3c21. The summed E-state index contributed by atoms with van der Waals surface area (Å²) in [4.78, 5) is 14.6. The van der Waals surface area contributed by atoms with Gasteiger partial charge in [0.1, 0.15) is 0 Å². The first-order valence-corrected chi connectivity index (χ1v) is 16.8. The van der Waals surface area contributed by atoms with Crippen LogP contribution in [0.25, 0.3) is 78.2 Å². The molecule has 1 aliphatic carbocycles. The van der Waals surface area contributed by atoms with Crippen molar-refractivity contribution in [3.63, 3.8) is 0 Å². The lowest BCUT2D eigenvalue weighted by molar-refractivity contribution is 0.666. The van der Waals surface area contributed by atoms with E-state index in [-0.39, 0.29) is 5.41 Å². The summed E-state index contributed by atoms with van der Waals surface area (Å²) < 4.78 is 0. The molecule has 0 saturated carbocycles. The van der Waals surface area contributed by atoms with Gasteiger partial charge in [0.05, 0.1) is 17.1 Å². The largest absolute Gasteiger partial charge is 0.256 e. The van der Waals surface area contributed by atoms with Crippen LogP contribution in [0, 0.1) is 0 Å². The van der Waals surface area contributed by atoms with Crippen LogP contribution in [0.3, 0.4) is 0 Å². The highest BCUT2D eigenvalue weighted by atomic mass is 14.9. The van der Waals surface area contributed by atoms with Gasteiger partial charge in [-0.25, -0.2) is 9.97 Å². The molecule has 0 N–H and O–H groups in total. The summed E-state index contributed by atoms with van der Waals surface area (Å²) in [5, 5.41) is 2.62. The van der Waals surface area contributed by atoms with E-state index in [0.29, 0.717) is 5.82 Å². The van der Waals surface area contributed by atoms with Crippen molar-refractivity contribution >= 4 is 10.8 Å². The van der Waals surface area contributed by atoms with Gasteiger partial charge in [-0.2, -0.15) is 0 Å². The van der Waals surface area contributed by atoms with Crippen LogP contribution in [-0.4, -0.2) is 15.0 Å². The van der Waals surface area contributed by atoms with E-state index in [4.69, 9.17) is 9.97 Å². The molecule has 9 rings (SSSR count). The van der Waals surface area contributed by atoms with Crippen molar-refractivity contribution in [1.82, 2.24) is 15.0 Å². The first-order valence-electron chi connectivity index (χ1n) is 16.8. The molecule has 0 atom stereocenters. The molecule has 8 aromatic rings. The van der Waals surface area contributed by atoms with Gasteiger partial charge in [-0.05, 0) is 62.4 Å². The topological polar surface area (TPSA) is 38.7 Å². The van der Waals surface area contributed by atoms with Crippen LogP contribution < -0.4 is 0 Å². The molecule has 0 spiro atoms. The summed E-state index contributed by atoms with van der Waals surface area (Å²) in [7, 11) is 0. The quantitative estimate of drug-likeness (QED) is 0.191. The minimum Gasteiger partial charge on any atom is -0.256 e. The molecule has 0 amide bonds. The Balaban J connectivity index is 1.13. The van der Waals surface area contributed by atoms with Gasteiger partial charge in [0.2, 0.25) is 0 Å². The number of hydrogen-bond donors (Lipinski definition) is 0. The van der Waals surface area contributed by atoms with Gasteiger partial charge in [0.25, 0.3) is 0 Å². The minimum atomic E-state index is -0.0948. The lowest BCUT2D eigenvalue weighted by Crippen LogP contribution is -2.15. The van der Waals surface area contributed by atoms with Crippen LogP contribution in [0.2, 0.25) is 0 Å². The van der Waals surface area contributed by atoms with Gasteiger partial charge in [-0.3, -0.25) is 4.98 Å². The van der Waals surface area contributed by atoms with E-state index >= 15 is 0 Å². The third kappa shape index (κ3) is 4.94. The number of pyridine rings is 1. The Labute approximate surface area is 286 Å². The van der Waals surface area contributed by atoms with Crippen molar-refractivity contribution in [1.29, 1.82) is 0 Å². The molecule has 0 saturated heterocycles. The number of hydrogen-bond acceptors (Lipinski definition) is 3. The smallest absolute Gasteiger partial charge is 0.160 e. The molecule has 3 nitrogen and oxygen atoms in total. The van der Waals surface area contributed by atoms with E-state index in [2.05, 4.69) is 140 Å². The molecule has 2 heterocycles. The maximum atomic E-state index is 5.08. The van der Waals surface area contributed by atoms with Crippen LogP contribution in [0.1, 0.15) is 25.0 Å². The summed E-state index contributed by atoms with van der Waals surface area (Å²) in [6.45, 7) is 4.72. The maximum absolute atomic E-state index is 5.08. The Kier molecular flexibility index (Phi) is 6.80. The van der Waals surface area contributed by atoms with Crippen molar-refractivity contribution in [2.75, 3.05) is 0 Å². The van der Waals surface area contributed by atoms with Crippen molar-refractivity contribution in [2.45, 2.75) is 19.3 Å². The summed E-state index contributed by atoms with van der Waals surface area (Å²) in [6, 6.07) is 55.7. The average molecular weight is 628 g/mol. The molecular weight excluding hydrogens is 595 g/mol. The second-order valence-electron chi connectivity index (χ2n) is 13.3. The zero-order valence-electron chi connectivity index (χ0n) is 27.4. The predicted octanol–water partition coefficient (Wildman–Crippen LogP) is 11.7. The molecule has 232 valence electrons. The molecule has 2 aromatic heterocycles. The van der Waals surface area contributed by atoms with Gasteiger partial charge >= 0.3 is 0 Å². The van der Waals surface area contributed by atoms with E-state index in [1.54, 1.807) is 0 Å². The zero-order valence-corrected chi connectivity index (χ0v) is 27.4. The number of fused-ring (bicyclic) bond motifs is 5. The highest BCUT2D eigenvalue weighted by Crippen LogP contribution is 2.54. The maximum Gasteiger partial charge on any atom is 0.160 e. The third-order valence-electron chi connectivity index (χ3n) is 9.95. The molecule has 6 aromatic carbocycles. The molecule has 1 aliphatic rings. The van der Waals surface area contributed by atoms with E-state index in [1.807, 2.05) is 42.6 Å². The molecule has 0 unspecified atom stereocenters. The number of benzene rings is 6. The summed E-state index contributed by atoms with van der Waals surface area (Å²) in [6.07, 6.45) is 1.82. The average Bonchev–Trinajstić information content (AvgIpc) is 3.42. The van der Waals surface area contributed by atoms with Crippen LogP contribution in [0.15, 0.2) is 164 Å². The predicted molar refractivity (Wildman–Crippen MR) is 202 cm³/mol. The fourth-order valence-electron chi connectivity index (χ4n) is 7.52. The summed E-state index contributed by atoms with van der Waals surface area (Å²) in [5.74, 6) is 0.706. The Morgan fingerprint density at radius 3 is 1.78 bits per heavy atom. The van der Waals surface area contributed by atoms with E-state index < -0.39 is 0 Å². The first-order chi connectivity index (χ1) is 24.0. The molecule has 49 heavy (non-hydrogen) atoms. The van der Waals surface area contributed by atoms with Crippen molar-refractivity contribution in [3.8, 4) is 67.4 Å². The fourth-order valence-corrected chi connectivity index (χ4v) is 7.52. The summed E-state index contributed by atoms with van der Waals surface area (Å²) >= 11 is 0. The zero-order chi connectivity index (χ0) is 33.0. The molecule has 0 bridgehead atoms. The Morgan fingerprint density at radius 2 is 1.08 bits per heavy atom. The third-order valence-corrected chi connectivity index (χ3v) is 9.95. The highest BCUT2D eigenvalue weighted by molar-refractivity contribution is 6.01. The minimum absolute atomic E-state index is 0.0948. The first kappa shape index (κ1) is 29.0. The molecule has 0 fully saturated rings. The van der Waals surface area contributed by atoms with Gasteiger partial charge in [0.15, 0.2) is 5.82 Å². The van der Waals surface area contributed by atoms with Gasteiger partial charge < -0.3 is 0 Å². The van der Waals surface area contributed by atoms with Crippen LogP contribution in [0.5, 0.6) is 0 Å². The van der Waals surface area contributed by atoms with E-state index in [9.17, 15) is 0 Å². The number of nitrogens with zero attached hydrogens (tertiary/aromatic N) is 3. The Morgan fingerprint density at radius 1 is 0.449 bits per heavy atom. The second-order valence-corrected chi connectivity index (χ2v) is 13.3. The molecule has 3 heteroatoms. The monoisotopic (exact) mass is 627 g/mol. The molecule has 0 aliphatic heterocycles. The number of aromatic nitrogens is 3. The van der Waals surface area contributed by atoms with Gasteiger partial charge in [-0.1, -0.05) is 153 Å². The lowest BCUT2D eigenvalue weighted by Gasteiger charge is -2.23. The normalized spacial score (nSPS) is 12.9. The van der Waals surface area contributed by atoms with Crippen molar-refractivity contribution in [3.05, 3.63) is 175 Å². The van der Waals surface area contributed by atoms with Crippen LogP contribution in [0.4, 0.5) is 0 Å². The van der Waals surface area contributed by atoms with Gasteiger partial charge in [-0.15, -0.1) is 0 Å². The van der Waals surface area contributed by atoms with Crippen LogP contribution in [-0.2, 0) is 5.41 Å². The van der Waals surface area contributed by atoms with Crippen LogP contribution >= 0.6 is 0 Å². The Bertz CT molecular complexity index is 2480. The molecular formula is C46H33N3. The van der Waals surface area contributed by atoms with Crippen molar-refractivity contribution < 1.29 is 0 Å².